The van der Waals surface area contributed by atoms with Crippen molar-refractivity contribution < 1.29 is 22.7 Å². The van der Waals surface area contributed by atoms with Crippen LogP contribution in [-0.2, 0) is 17.3 Å². The number of Topliss-reactive ketones (excluding diaryl/α,β-unsaturated/α-hetero) is 1. The summed E-state index contributed by atoms with van der Waals surface area (Å²) in [7, 11) is 0. The maximum absolute atomic E-state index is 12.8. The van der Waals surface area contributed by atoms with Gasteiger partial charge in [0, 0.05) is 31.4 Å². The number of carbonyl (C=O) groups is 1. The number of ketones is 1. The highest BCUT2D eigenvalue weighted by Gasteiger charge is 2.35. The van der Waals surface area contributed by atoms with Crippen molar-refractivity contribution in [1.29, 1.82) is 0 Å². The molecule has 9 heteroatoms. The van der Waals surface area contributed by atoms with Crippen LogP contribution in [0.5, 0.6) is 0 Å². The first-order chi connectivity index (χ1) is 12.3. The molecule has 3 rings (SSSR count). The van der Waals surface area contributed by atoms with E-state index < -0.39 is 17.8 Å². The summed E-state index contributed by atoms with van der Waals surface area (Å²) in [4.78, 5) is 23.3. The molecule has 1 atom stereocenters. The number of morpholine rings is 1. The van der Waals surface area contributed by atoms with Gasteiger partial charge in [0.15, 0.2) is 5.78 Å². The number of aryl methyl sites for hydroxylation is 1. The lowest BCUT2D eigenvalue weighted by Gasteiger charge is -2.23. The molecule has 0 saturated carbocycles. The topological polar surface area (TPSA) is 77.0 Å². The van der Waals surface area contributed by atoms with E-state index in [1.54, 1.807) is 12.1 Å². The number of ether oxygens (including phenoxy) is 1. The molecule has 6 nitrogen and oxygen atoms in total. The van der Waals surface area contributed by atoms with Crippen molar-refractivity contribution >= 4 is 5.78 Å². The van der Waals surface area contributed by atoms with Crippen LogP contribution in [0.2, 0.25) is 0 Å². The van der Waals surface area contributed by atoms with Crippen molar-refractivity contribution in [3.8, 4) is 0 Å². The zero-order chi connectivity index (χ0) is 18.7. The van der Waals surface area contributed by atoms with Crippen molar-refractivity contribution in [2.24, 2.45) is 0 Å². The second kappa shape index (κ2) is 7.46. The third-order valence-electron chi connectivity index (χ3n) is 3.86. The van der Waals surface area contributed by atoms with Gasteiger partial charge in [-0.05, 0) is 24.6 Å². The molecule has 0 radical (unpaired) electrons. The molecule has 2 aromatic heterocycles. The first kappa shape index (κ1) is 18.4. The molecule has 0 unspecified atom stereocenters. The largest absolute Gasteiger partial charge is 0.451 e. The molecule has 138 valence electrons. The average Bonchev–Trinajstić information content (AvgIpc) is 2.62. The molecule has 0 amide bonds. The zero-order valence-electron chi connectivity index (χ0n) is 14.0. The Balaban J connectivity index is 1.72. The van der Waals surface area contributed by atoms with Crippen molar-refractivity contribution in [1.82, 2.24) is 20.3 Å². The lowest BCUT2D eigenvalue weighted by atomic mass is 10.1. The number of carbonyl (C=O) groups excluding carboxylic acids is 1. The van der Waals surface area contributed by atoms with Gasteiger partial charge in [0.05, 0.1) is 12.3 Å². The Morgan fingerprint density at radius 3 is 2.77 bits per heavy atom. The van der Waals surface area contributed by atoms with Crippen LogP contribution in [0.1, 0.15) is 39.4 Å². The average molecular weight is 366 g/mol. The van der Waals surface area contributed by atoms with Crippen LogP contribution in [0.15, 0.2) is 24.4 Å². The summed E-state index contributed by atoms with van der Waals surface area (Å²) in [5.74, 6) is -1.83. The normalized spacial score (nSPS) is 17.9. The standard InChI is InChI=1S/C17H17F3N4O2/c1-10-6-13(24-16(23-10)17(18,19)20)14(25)7-11-2-3-12(22-8-11)15-9-21-4-5-26-15/h2-3,6,8,15,21H,4-5,7,9H2,1H3/t15-/m0/s1. The summed E-state index contributed by atoms with van der Waals surface area (Å²) in [6, 6.07) is 4.73. The molecule has 2 aromatic rings. The smallest absolute Gasteiger partial charge is 0.369 e. The van der Waals surface area contributed by atoms with Crippen LogP contribution in [-0.4, -0.2) is 40.4 Å². The molecule has 1 aliphatic heterocycles. The van der Waals surface area contributed by atoms with E-state index in [0.717, 1.165) is 12.2 Å². The van der Waals surface area contributed by atoms with Crippen LogP contribution in [0, 0.1) is 6.92 Å². The zero-order valence-corrected chi connectivity index (χ0v) is 14.0. The minimum atomic E-state index is -4.70. The Morgan fingerprint density at radius 2 is 2.15 bits per heavy atom. The number of hydrogen-bond acceptors (Lipinski definition) is 6. The van der Waals surface area contributed by atoms with Gasteiger partial charge in [-0.3, -0.25) is 9.78 Å². The fourth-order valence-corrected chi connectivity index (χ4v) is 2.60. The third kappa shape index (κ3) is 4.41. The molecule has 1 fully saturated rings. The molecular formula is C17H17F3N4O2. The summed E-state index contributed by atoms with van der Waals surface area (Å²) >= 11 is 0. The highest BCUT2D eigenvalue weighted by Crippen LogP contribution is 2.26. The SMILES string of the molecule is Cc1cc(C(=O)Cc2ccc([C@@H]3CNCCO3)nc2)nc(C(F)(F)F)n1. The predicted octanol–water partition coefficient (Wildman–Crippen LogP) is 2.29. The Morgan fingerprint density at radius 1 is 1.35 bits per heavy atom. The van der Waals surface area contributed by atoms with E-state index >= 15 is 0 Å². The van der Waals surface area contributed by atoms with Gasteiger partial charge in [-0.1, -0.05) is 6.07 Å². The van der Waals surface area contributed by atoms with E-state index in [-0.39, 0.29) is 23.9 Å². The number of pyridine rings is 1. The van der Waals surface area contributed by atoms with E-state index in [9.17, 15) is 18.0 Å². The molecular weight excluding hydrogens is 349 g/mol. The number of aromatic nitrogens is 3. The van der Waals surface area contributed by atoms with Gasteiger partial charge < -0.3 is 10.1 Å². The number of hydrogen-bond donors (Lipinski definition) is 1. The minimum absolute atomic E-state index is 0.0890. The van der Waals surface area contributed by atoms with Crippen molar-refractivity contribution in [3.05, 3.63) is 52.9 Å². The molecule has 0 bridgehead atoms. The minimum Gasteiger partial charge on any atom is -0.369 e. The summed E-state index contributed by atoms with van der Waals surface area (Å²) in [6.07, 6.45) is -3.40. The third-order valence-corrected chi connectivity index (χ3v) is 3.86. The molecule has 0 aliphatic carbocycles. The number of rotatable bonds is 4. The Labute approximate surface area is 147 Å². The van der Waals surface area contributed by atoms with Gasteiger partial charge >= 0.3 is 6.18 Å². The van der Waals surface area contributed by atoms with Gasteiger partial charge in [-0.25, -0.2) is 9.97 Å². The van der Waals surface area contributed by atoms with E-state index in [4.69, 9.17) is 4.74 Å². The molecule has 1 saturated heterocycles. The van der Waals surface area contributed by atoms with Crippen LogP contribution < -0.4 is 5.32 Å². The Hall–Kier alpha value is -2.39. The predicted molar refractivity (Wildman–Crippen MR) is 85.6 cm³/mol. The van der Waals surface area contributed by atoms with Gasteiger partial charge in [0.2, 0.25) is 5.82 Å². The second-order valence-corrected chi connectivity index (χ2v) is 5.97. The first-order valence-electron chi connectivity index (χ1n) is 8.06. The van der Waals surface area contributed by atoms with Crippen LogP contribution in [0.4, 0.5) is 13.2 Å². The number of nitrogens with one attached hydrogen (secondary N) is 1. The van der Waals surface area contributed by atoms with Crippen molar-refractivity contribution in [2.45, 2.75) is 25.6 Å². The van der Waals surface area contributed by atoms with E-state index in [0.29, 0.717) is 18.7 Å². The number of alkyl halides is 3. The maximum Gasteiger partial charge on any atom is 0.451 e. The molecule has 0 spiro atoms. The Kier molecular flexibility index (Phi) is 5.28. The van der Waals surface area contributed by atoms with Crippen LogP contribution in [0.25, 0.3) is 0 Å². The van der Waals surface area contributed by atoms with Gasteiger partial charge in [0.1, 0.15) is 11.8 Å². The highest BCUT2D eigenvalue weighted by atomic mass is 19.4. The van der Waals surface area contributed by atoms with Gasteiger partial charge in [-0.2, -0.15) is 13.2 Å². The summed E-state index contributed by atoms with van der Waals surface area (Å²) in [5, 5.41) is 3.20. The lowest BCUT2D eigenvalue weighted by Crippen LogP contribution is -2.33. The van der Waals surface area contributed by atoms with E-state index in [1.807, 2.05) is 0 Å². The number of nitrogens with zero attached hydrogens (tertiary/aromatic N) is 3. The fraction of sp³-hybridized carbons (Fsp3) is 0.412. The van der Waals surface area contributed by atoms with Crippen LogP contribution >= 0.6 is 0 Å². The number of halogens is 3. The summed E-state index contributed by atoms with van der Waals surface area (Å²) < 4.78 is 44.0. The molecule has 3 heterocycles. The lowest BCUT2D eigenvalue weighted by molar-refractivity contribution is -0.145. The van der Waals surface area contributed by atoms with Gasteiger partial charge in [-0.15, -0.1) is 0 Å². The molecule has 1 N–H and O–H groups in total. The maximum atomic E-state index is 12.8. The highest BCUT2D eigenvalue weighted by molar-refractivity contribution is 5.95. The molecule has 1 aliphatic rings. The Bertz CT molecular complexity index is 788. The van der Waals surface area contributed by atoms with Crippen LogP contribution in [0.3, 0.4) is 0 Å². The van der Waals surface area contributed by atoms with E-state index in [2.05, 4.69) is 20.3 Å². The van der Waals surface area contributed by atoms with Crippen molar-refractivity contribution in [2.75, 3.05) is 19.7 Å². The van der Waals surface area contributed by atoms with E-state index in [1.165, 1.54) is 19.2 Å². The quantitative estimate of drug-likeness (QED) is 0.837. The van der Waals surface area contributed by atoms with Gasteiger partial charge in [0.25, 0.3) is 0 Å². The fourth-order valence-electron chi connectivity index (χ4n) is 2.60. The van der Waals surface area contributed by atoms with Crippen molar-refractivity contribution in [3.63, 3.8) is 0 Å². The first-order valence-corrected chi connectivity index (χ1v) is 8.06. The molecule has 0 aromatic carbocycles. The monoisotopic (exact) mass is 366 g/mol. The second-order valence-electron chi connectivity index (χ2n) is 5.97. The molecule has 26 heavy (non-hydrogen) atoms. The summed E-state index contributed by atoms with van der Waals surface area (Å²) in [5.41, 5.74) is 1.16. The summed E-state index contributed by atoms with van der Waals surface area (Å²) in [6.45, 7) is 3.44.